The maximum Gasteiger partial charge on any atom is 0.255 e. The van der Waals surface area contributed by atoms with E-state index in [1.54, 1.807) is 18.0 Å². The summed E-state index contributed by atoms with van der Waals surface area (Å²) in [5.41, 5.74) is 6.29. The number of amidine groups is 1. The van der Waals surface area contributed by atoms with E-state index in [1.807, 2.05) is 20.8 Å². The van der Waals surface area contributed by atoms with Crippen molar-refractivity contribution in [3.05, 3.63) is 12.0 Å². The summed E-state index contributed by atoms with van der Waals surface area (Å²) in [5, 5.41) is 12.5. The molecule has 0 unspecified atom stereocenters. The molecule has 5 nitrogen and oxygen atoms in total. The van der Waals surface area contributed by atoms with Crippen LogP contribution in [0.1, 0.15) is 38.8 Å². The van der Waals surface area contributed by atoms with Crippen LogP contribution < -0.4 is 5.73 Å². The Bertz CT molecular complexity index is 402. The molecular formula is C12H21N3O2S. The molecule has 0 aromatic carbocycles. The first kappa shape index (κ1) is 14.9. The molecule has 6 heteroatoms. The van der Waals surface area contributed by atoms with Gasteiger partial charge in [-0.2, -0.15) is 0 Å². The van der Waals surface area contributed by atoms with E-state index >= 15 is 0 Å². The minimum absolute atomic E-state index is 0.251. The van der Waals surface area contributed by atoms with E-state index < -0.39 is 0 Å². The van der Waals surface area contributed by atoms with Crippen molar-refractivity contribution in [2.45, 2.75) is 45.3 Å². The number of unbranched alkanes of at least 4 members (excludes halogenated alkanes) is 1. The van der Waals surface area contributed by atoms with Gasteiger partial charge in [0.05, 0.1) is 5.69 Å². The van der Waals surface area contributed by atoms with Crippen molar-refractivity contribution in [3.63, 3.8) is 0 Å². The molecule has 0 aliphatic heterocycles. The Morgan fingerprint density at radius 1 is 1.56 bits per heavy atom. The highest BCUT2D eigenvalue weighted by Gasteiger charge is 2.22. The Morgan fingerprint density at radius 3 is 2.83 bits per heavy atom. The van der Waals surface area contributed by atoms with Gasteiger partial charge in [-0.1, -0.05) is 37.2 Å². The number of nitrogens with two attached hydrogens (primary N) is 1. The molecule has 0 atom stereocenters. The van der Waals surface area contributed by atoms with Gasteiger partial charge in [-0.15, -0.1) is 0 Å². The Balaban J connectivity index is 2.19. The van der Waals surface area contributed by atoms with E-state index in [0.717, 1.165) is 35.9 Å². The molecule has 0 amide bonds. The molecule has 0 spiro atoms. The Morgan fingerprint density at radius 2 is 2.28 bits per heavy atom. The average molecular weight is 271 g/mol. The van der Waals surface area contributed by atoms with Gasteiger partial charge in [-0.3, -0.25) is 0 Å². The number of aromatic nitrogens is 1. The number of aryl methyl sites for hydroxylation is 1. The van der Waals surface area contributed by atoms with Crippen LogP contribution in [-0.4, -0.2) is 21.8 Å². The second-order valence-corrected chi connectivity index (χ2v) is 5.98. The molecule has 102 valence electrons. The van der Waals surface area contributed by atoms with Crippen molar-refractivity contribution in [1.29, 1.82) is 0 Å². The Labute approximate surface area is 112 Å². The number of oxazole rings is 1. The minimum atomic E-state index is -0.251. The zero-order valence-electron chi connectivity index (χ0n) is 11.1. The molecule has 3 N–H and O–H groups in total. The number of thioether (sulfide) groups is 1. The fourth-order valence-corrected chi connectivity index (χ4v) is 2.34. The van der Waals surface area contributed by atoms with Crippen LogP contribution in [-0.2, 0) is 0 Å². The van der Waals surface area contributed by atoms with Gasteiger partial charge in [0.2, 0.25) is 0 Å². The van der Waals surface area contributed by atoms with Gasteiger partial charge in [0, 0.05) is 11.2 Å². The summed E-state index contributed by atoms with van der Waals surface area (Å²) in [7, 11) is 0. The van der Waals surface area contributed by atoms with Crippen LogP contribution in [0.5, 0.6) is 0 Å². The topological polar surface area (TPSA) is 84.6 Å². The van der Waals surface area contributed by atoms with Crippen LogP contribution in [0.2, 0.25) is 0 Å². The van der Waals surface area contributed by atoms with Gasteiger partial charge in [-0.25, -0.2) is 4.98 Å². The first-order valence-corrected chi connectivity index (χ1v) is 6.97. The van der Waals surface area contributed by atoms with Crippen LogP contribution in [0.15, 0.2) is 21.1 Å². The number of hydrogen-bond donors (Lipinski definition) is 2. The lowest BCUT2D eigenvalue weighted by molar-refractivity contribution is 0.304. The predicted molar refractivity (Wildman–Crippen MR) is 73.0 cm³/mol. The number of oxime groups is 1. The lowest BCUT2D eigenvalue weighted by Gasteiger charge is -2.22. The molecule has 1 aromatic rings. The highest BCUT2D eigenvalue weighted by molar-refractivity contribution is 7.99. The number of hydrogen-bond acceptors (Lipinski definition) is 5. The van der Waals surface area contributed by atoms with Gasteiger partial charge in [-0.05, 0) is 19.8 Å². The summed E-state index contributed by atoms with van der Waals surface area (Å²) < 4.78 is 5.25. The summed E-state index contributed by atoms with van der Waals surface area (Å²) in [4.78, 5) is 4.22. The van der Waals surface area contributed by atoms with E-state index in [2.05, 4.69) is 10.1 Å². The van der Waals surface area contributed by atoms with E-state index in [-0.39, 0.29) is 5.41 Å². The van der Waals surface area contributed by atoms with Crippen LogP contribution in [0.25, 0.3) is 0 Å². The first-order chi connectivity index (χ1) is 8.45. The molecule has 18 heavy (non-hydrogen) atoms. The zero-order chi connectivity index (χ0) is 13.6. The molecule has 0 radical (unpaired) electrons. The fraction of sp³-hybridized carbons (Fsp3) is 0.667. The van der Waals surface area contributed by atoms with Crippen molar-refractivity contribution in [1.82, 2.24) is 4.98 Å². The van der Waals surface area contributed by atoms with Crippen LogP contribution >= 0.6 is 11.8 Å². The maximum atomic E-state index is 8.66. The Hall–Kier alpha value is -1.17. The number of nitrogens with zero attached hydrogens (tertiary/aromatic N) is 2. The molecule has 0 aliphatic rings. The van der Waals surface area contributed by atoms with E-state index in [4.69, 9.17) is 15.4 Å². The van der Waals surface area contributed by atoms with E-state index in [0.29, 0.717) is 5.84 Å². The summed E-state index contributed by atoms with van der Waals surface area (Å²) >= 11 is 1.62. The van der Waals surface area contributed by atoms with Gasteiger partial charge in [0.1, 0.15) is 12.1 Å². The summed E-state index contributed by atoms with van der Waals surface area (Å²) in [6, 6.07) is 0. The van der Waals surface area contributed by atoms with Crippen molar-refractivity contribution in [3.8, 4) is 0 Å². The molecule has 0 saturated carbocycles. The standard InChI is InChI=1S/C12H21N3O2S/c1-9-8-17-11(14-9)18-7-5-4-6-12(2,3)10(13)15-16/h8,16H,4-7H2,1-3H3,(H2,13,15). The third-order valence-corrected chi connectivity index (χ3v) is 3.75. The molecular weight excluding hydrogens is 250 g/mol. The quantitative estimate of drug-likeness (QED) is 0.199. The predicted octanol–water partition coefficient (Wildman–Crippen LogP) is 3.02. The second kappa shape index (κ2) is 6.68. The van der Waals surface area contributed by atoms with Gasteiger partial charge in [0.25, 0.3) is 5.22 Å². The van der Waals surface area contributed by atoms with Gasteiger partial charge in [0.15, 0.2) is 0 Å². The van der Waals surface area contributed by atoms with E-state index in [1.165, 1.54) is 0 Å². The maximum absolute atomic E-state index is 8.66. The van der Waals surface area contributed by atoms with Crippen molar-refractivity contribution < 1.29 is 9.62 Å². The molecule has 1 aromatic heterocycles. The fourth-order valence-electron chi connectivity index (χ4n) is 1.49. The van der Waals surface area contributed by atoms with Crippen molar-refractivity contribution in [2.24, 2.45) is 16.3 Å². The largest absolute Gasteiger partial charge is 0.440 e. The number of rotatable bonds is 7. The molecule has 0 fully saturated rings. The SMILES string of the molecule is Cc1coc(SCCCCC(C)(C)C(N)=NO)n1. The first-order valence-electron chi connectivity index (χ1n) is 5.98. The summed E-state index contributed by atoms with van der Waals surface area (Å²) in [6.45, 7) is 5.87. The highest BCUT2D eigenvalue weighted by Crippen LogP contribution is 2.25. The molecule has 1 rings (SSSR count). The molecule has 0 aliphatic carbocycles. The molecule has 0 saturated heterocycles. The molecule has 0 bridgehead atoms. The lowest BCUT2D eigenvalue weighted by Crippen LogP contribution is -2.31. The smallest absolute Gasteiger partial charge is 0.255 e. The monoisotopic (exact) mass is 271 g/mol. The van der Waals surface area contributed by atoms with Crippen LogP contribution in [0.4, 0.5) is 0 Å². The normalized spacial score (nSPS) is 12.9. The Kier molecular flexibility index (Phi) is 5.53. The lowest BCUT2D eigenvalue weighted by atomic mass is 9.86. The van der Waals surface area contributed by atoms with E-state index in [9.17, 15) is 0 Å². The van der Waals surface area contributed by atoms with Gasteiger partial charge < -0.3 is 15.4 Å². The average Bonchev–Trinajstić information content (AvgIpc) is 2.73. The van der Waals surface area contributed by atoms with Crippen molar-refractivity contribution >= 4 is 17.6 Å². The summed E-state index contributed by atoms with van der Waals surface area (Å²) in [6.07, 6.45) is 4.63. The minimum Gasteiger partial charge on any atom is -0.440 e. The highest BCUT2D eigenvalue weighted by atomic mass is 32.2. The van der Waals surface area contributed by atoms with Gasteiger partial charge >= 0.3 is 0 Å². The second-order valence-electron chi connectivity index (χ2n) is 4.93. The van der Waals surface area contributed by atoms with Crippen LogP contribution in [0, 0.1) is 12.3 Å². The third-order valence-electron chi connectivity index (χ3n) is 2.82. The van der Waals surface area contributed by atoms with Crippen LogP contribution in [0.3, 0.4) is 0 Å². The molecule has 1 heterocycles. The third kappa shape index (κ3) is 4.60. The summed E-state index contributed by atoms with van der Waals surface area (Å²) in [5.74, 6) is 1.25. The zero-order valence-corrected chi connectivity index (χ0v) is 12.0. The van der Waals surface area contributed by atoms with Crippen molar-refractivity contribution in [2.75, 3.05) is 5.75 Å².